The van der Waals surface area contributed by atoms with Gasteiger partial charge >= 0.3 is 0 Å². The van der Waals surface area contributed by atoms with Gasteiger partial charge in [-0.05, 0) is 68.3 Å². The molecule has 232 valence electrons. The van der Waals surface area contributed by atoms with Crippen LogP contribution in [0.4, 0.5) is 5.69 Å². The molecule has 0 radical (unpaired) electrons. The van der Waals surface area contributed by atoms with Crippen LogP contribution in [-0.4, -0.2) is 12.6 Å². The molecule has 0 bridgehead atoms. The SMILES string of the molecule is [C-]#[N+]c1cc(-c2cccc([Si](c3ccccc3)(c3ccccc3)c3ccccc3)c2)cc(C#N)c1-n1c2ccccc2c2cc(C#N)ccc21. The van der Waals surface area contributed by atoms with Gasteiger partial charge in [-0.1, -0.05) is 133 Å². The molecule has 7 aromatic carbocycles. The molecule has 0 N–H and O–H groups in total. The summed E-state index contributed by atoms with van der Waals surface area (Å²) in [5.41, 5.74) is 5.35. The number of nitriles is 2. The quantitative estimate of drug-likeness (QED) is 0.104. The molecule has 0 aliphatic heterocycles. The highest BCUT2D eigenvalue weighted by molar-refractivity contribution is 7.19. The van der Waals surface area contributed by atoms with Crippen LogP contribution in [0.25, 0.3) is 43.5 Å². The van der Waals surface area contributed by atoms with Crippen molar-refractivity contribution in [3.05, 3.63) is 192 Å². The van der Waals surface area contributed by atoms with E-state index in [2.05, 4.69) is 132 Å². The van der Waals surface area contributed by atoms with Crippen LogP contribution in [0.2, 0.25) is 0 Å². The molecule has 0 saturated carbocycles. The first-order chi connectivity index (χ1) is 24.7. The fourth-order valence-corrected chi connectivity index (χ4v) is 12.3. The number of para-hydroxylation sites is 1. The molecule has 1 heterocycles. The molecule has 0 aliphatic carbocycles. The number of hydrogen-bond donors (Lipinski definition) is 0. The summed E-state index contributed by atoms with van der Waals surface area (Å²) in [5.74, 6) is 0. The summed E-state index contributed by atoms with van der Waals surface area (Å²) < 4.78 is 2.00. The van der Waals surface area contributed by atoms with Crippen molar-refractivity contribution in [1.29, 1.82) is 10.5 Å². The van der Waals surface area contributed by atoms with Gasteiger partial charge in [-0.2, -0.15) is 10.5 Å². The molecule has 4 nitrogen and oxygen atoms in total. The van der Waals surface area contributed by atoms with E-state index in [4.69, 9.17) is 6.57 Å². The fourth-order valence-electron chi connectivity index (χ4n) is 7.47. The zero-order valence-corrected chi connectivity index (χ0v) is 28.0. The second kappa shape index (κ2) is 12.6. The number of rotatable bonds is 6. The van der Waals surface area contributed by atoms with Gasteiger partial charge < -0.3 is 4.57 Å². The number of fused-ring (bicyclic) bond motifs is 3. The van der Waals surface area contributed by atoms with Crippen molar-refractivity contribution in [1.82, 2.24) is 4.57 Å². The van der Waals surface area contributed by atoms with Crippen LogP contribution >= 0.6 is 0 Å². The van der Waals surface area contributed by atoms with Crippen LogP contribution in [0.1, 0.15) is 11.1 Å². The molecule has 50 heavy (non-hydrogen) atoms. The van der Waals surface area contributed by atoms with E-state index >= 15 is 0 Å². The molecular formula is C45H28N4Si. The maximum Gasteiger partial charge on any atom is 0.212 e. The van der Waals surface area contributed by atoms with Crippen LogP contribution in [0.3, 0.4) is 0 Å². The second-order valence-electron chi connectivity index (χ2n) is 12.2. The van der Waals surface area contributed by atoms with Gasteiger partial charge in [0.15, 0.2) is 8.07 Å². The summed E-state index contributed by atoms with van der Waals surface area (Å²) >= 11 is 0. The lowest BCUT2D eigenvalue weighted by atomic mass is 10.0. The standard InChI is InChI=1S/C45H28N4Si/c1-48-42-29-34(27-35(31-47)45(42)49-43-23-12-11-22-40(43)41-26-32(30-46)24-25-44(41)49)33-14-13-21-39(28-33)50(36-15-5-2-6-16-36,37-17-7-3-8-18-37)38-19-9-4-10-20-38/h2-29H. The molecule has 0 aliphatic rings. The van der Waals surface area contributed by atoms with E-state index in [9.17, 15) is 10.5 Å². The third kappa shape index (κ3) is 4.80. The van der Waals surface area contributed by atoms with Crippen molar-refractivity contribution in [2.75, 3.05) is 0 Å². The fraction of sp³-hybridized carbons (Fsp3) is 0. The molecule has 8 rings (SSSR count). The third-order valence-corrected chi connectivity index (χ3v) is 14.4. The van der Waals surface area contributed by atoms with Gasteiger partial charge in [0.05, 0.1) is 46.6 Å². The van der Waals surface area contributed by atoms with Gasteiger partial charge in [0.2, 0.25) is 5.69 Å². The summed E-state index contributed by atoms with van der Waals surface area (Å²) in [6.45, 7) is 8.34. The first-order valence-electron chi connectivity index (χ1n) is 16.3. The highest BCUT2D eigenvalue weighted by Gasteiger charge is 2.41. The normalized spacial score (nSPS) is 11.1. The average molecular weight is 653 g/mol. The maximum atomic E-state index is 10.7. The molecule has 5 heteroatoms. The van der Waals surface area contributed by atoms with E-state index in [-0.39, 0.29) is 0 Å². The van der Waals surface area contributed by atoms with Gasteiger partial charge in [0, 0.05) is 10.8 Å². The number of aromatic nitrogens is 1. The molecular weight excluding hydrogens is 625 g/mol. The minimum absolute atomic E-state index is 0.383. The van der Waals surface area contributed by atoms with Gasteiger partial charge in [-0.25, -0.2) is 4.85 Å². The molecule has 0 unspecified atom stereocenters. The monoisotopic (exact) mass is 652 g/mol. The van der Waals surface area contributed by atoms with Crippen molar-refractivity contribution in [2.24, 2.45) is 0 Å². The minimum Gasteiger partial charge on any atom is -0.318 e. The van der Waals surface area contributed by atoms with E-state index < -0.39 is 8.07 Å². The van der Waals surface area contributed by atoms with E-state index in [1.54, 1.807) is 6.07 Å². The zero-order chi connectivity index (χ0) is 34.1. The van der Waals surface area contributed by atoms with Crippen molar-refractivity contribution < 1.29 is 0 Å². The van der Waals surface area contributed by atoms with E-state index in [1.807, 2.05) is 53.1 Å². The Balaban J connectivity index is 1.37. The van der Waals surface area contributed by atoms with Crippen LogP contribution in [0.15, 0.2) is 170 Å². The topological polar surface area (TPSA) is 56.9 Å². The molecule has 0 fully saturated rings. The molecule has 0 saturated heterocycles. The van der Waals surface area contributed by atoms with Gasteiger partial charge in [-0.15, -0.1) is 0 Å². The zero-order valence-electron chi connectivity index (χ0n) is 27.0. The number of nitrogens with zero attached hydrogens (tertiary/aromatic N) is 4. The minimum atomic E-state index is -2.78. The molecule has 0 atom stereocenters. The van der Waals surface area contributed by atoms with Gasteiger partial charge in [0.25, 0.3) is 0 Å². The summed E-state index contributed by atoms with van der Waals surface area (Å²) in [6.07, 6.45) is 0. The Bertz CT molecular complexity index is 2540. The highest BCUT2D eigenvalue weighted by atomic mass is 28.3. The van der Waals surface area contributed by atoms with Crippen molar-refractivity contribution in [2.45, 2.75) is 0 Å². The lowest BCUT2D eigenvalue weighted by Gasteiger charge is -2.34. The van der Waals surface area contributed by atoms with Crippen molar-refractivity contribution in [3.63, 3.8) is 0 Å². The summed E-state index contributed by atoms with van der Waals surface area (Å²) in [4.78, 5) is 4.02. The van der Waals surface area contributed by atoms with Crippen LogP contribution < -0.4 is 20.7 Å². The van der Waals surface area contributed by atoms with E-state index in [0.29, 0.717) is 22.5 Å². The van der Waals surface area contributed by atoms with E-state index in [0.717, 1.165) is 32.9 Å². The lowest BCUT2D eigenvalue weighted by molar-refractivity contribution is 1.17. The third-order valence-electron chi connectivity index (χ3n) is 9.61. The largest absolute Gasteiger partial charge is 0.318 e. The number of hydrogen-bond acceptors (Lipinski definition) is 2. The van der Waals surface area contributed by atoms with Crippen LogP contribution in [-0.2, 0) is 0 Å². The summed E-state index contributed by atoms with van der Waals surface area (Å²) in [5, 5.41) is 27.2. The molecule has 8 aromatic rings. The van der Waals surface area contributed by atoms with Gasteiger partial charge in [0.1, 0.15) is 0 Å². The van der Waals surface area contributed by atoms with E-state index in [1.165, 1.54) is 20.7 Å². The smallest absolute Gasteiger partial charge is 0.212 e. The average Bonchev–Trinajstić information content (AvgIpc) is 3.52. The van der Waals surface area contributed by atoms with Crippen molar-refractivity contribution >= 4 is 56.3 Å². The Hall–Kier alpha value is -6.97. The Morgan fingerprint density at radius 3 is 1.68 bits per heavy atom. The lowest BCUT2D eigenvalue weighted by Crippen LogP contribution is -2.74. The predicted molar refractivity (Wildman–Crippen MR) is 206 cm³/mol. The molecule has 0 spiro atoms. The first kappa shape index (κ1) is 30.4. The first-order valence-corrected chi connectivity index (χ1v) is 18.3. The van der Waals surface area contributed by atoms with Gasteiger partial charge in [-0.3, -0.25) is 0 Å². The maximum absolute atomic E-state index is 10.7. The van der Waals surface area contributed by atoms with Crippen molar-refractivity contribution in [3.8, 4) is 29.0 Å². The number of benzene rings is 7. The van der Waals surface area contributed by atoms with Crippen LogP contribution in [0, 0.1) is 29.2 Å². The molecule has 1 aromatic heterocycles. The Morgan fingerprint density at radius 2 is 1.08 bits per heavy atom. The Kier molecular flexibility index (Phi) is 7.63. The molecule has 0 amide bonds. The predicted octanol–water partition coefficient (Wildman–Crippen LogP) is 8.12. The highest BCUT2D eigenvalue weighted by Crippen LogP contribution is 2.39. The van der Waals surface area contributed by atoms with Crippen LogP contribution in [0.5, 0.6) is 0 Å². The summed E-state index contributed by atoms with van der Waals surface area (Å²) in [7, 11) is -2.78. The second-order valence-corrected chi connectivity index (χ2v) is 16.0. The summed E-state index contributed by atoms with van der Waals surface area (Å²) in [6, 6.07) is 62.9. The Labute approximate surface area is 291 Å². The Morgan fingerprint density at radius 1 is 0.500 bits per heavy atom.